The molecule has 2 heterocycles. The molecule has 0 unspecified atom stereocenters. The number of halogens is 4. The molecule has 0 saturated carbocycles. The molecule has 1 aromatic heterocycles. The van der Waals surface area contributed by atoms with E-state index in [9.17, 15) is 13.6 Å². The number of hydrogen-bond donors (Lipinski definition) is 2. The van der Waals surface area contributed by atoms with E-state index in [-0.39, 0.29) is 33.7 Å². The lowest BCUT2D eigenvalue weighted by Crippen LogP contribution is -2.25. The fourth-order valence-electron chi connectivity index (χ4n) is 2.78. The van der Waals surface area contributed by atoms with Crippen LogP contribution in [0.1, 0.15) is 10.4 Å². The lowest BCUT2D eigenvalue weighted by Gasteiger charge is -2.11. The lowest BCUT2D eigenvalue weighted by molar-refractivity contribution is -0.286. The van der Waals surface area contributed by atoms with Gasteiger partial charge in [0.2, 0.25) is 0 Å². The zero-order valence-corrected chi connectivity index (χ0v) is 15.9. The van der Waals surface area contributed by atoms with Crippen molar-refractivity contribution >= 4 is 40.7 Å². The molecular formula is C19H11Cl2F2N3O3. The fourth-order valence-corrected chi connectivity index (χ4v) is 3.26. The van der Waals surface area contributed by atoms with Crippen molar-refractivity contribution in [2.24, 2.45) is 0 Å². The average molecular weight is 438 g/mol. The maximum Gasteiger partial charge on any atom is 0.586 e. The third kappa shape index (κ3) is 3.76. The van der Waals surface area contributed by atoms with Crippen molar-refractivity contribution in [3.63, 3.8) is 0 Å². The van der Waals surface area contributed by atoms with Gasteiger partial charge >= 0.3 is 6.29 Å². The number of amides is 1. The molecule has 10 heteroatoms. The topological polar surface area (TPSA) is 86.5 Å². The highest BCUT2D eigenvalue weighted by molar-refractivity contribution is 6.34. The number of carbonyl (C=O) groups is 1. The Kier molecular flexibility index (Phi) is 4.68. The Hall–Kier alpha value is -3.10. The van der Waals surface area contributed by atoms with E-state index < -0.39 is 12.2 Å². The molecule has 3 aromatic rings. The largest absolute Gasteiger partial charge is 0.586 e. The summed E-state index contributed by atoms with van der Waals surface area (Å²) in [5.41, 5.74) is 6.96. The highest BCUT2D eigenvalue weighted by Crippen LogP contribution is 2.46. The van der Waals surface area contributed by atoms with E-state index in [0.717, 1.165) is 0 Å². The Labute approximate surface area is 173 Å². The normalized spacial score (nSPS) is 13.9. The van der Waals surface area contributed by atoms with E-state index in [1.165, 1.54) is 18.2 Å². The van der Waals surface area contributed by atoms with Crippen LogP contribution in [0.4, 0.5) is 20.4 Å². The Morgan fingerprint density at radius 1 is 1.00 bits per heavy atom. The van der Waals surface area contributed by atoms with Gasteiger partial charge in [-0.1, -0.05) is 35.3 Å². The van der Waals surface area contributed by atoms with Crippen molar-refractivity contribution < 1.29 is 23.0 Å². The Bertz CT molecular complexity index is 1140. The van der Waals surface area contributed by atoms with Crippen molar-refractivity contribution in [2.45, 2.75) is 6.29 Å². The first kappa shape index (κ1) is 19.2. The molecule has 0 bridgehead atoms. The van der Waals surface area contributed by atoms with Crippen LogP contribution in [0.25, 0.3) is 11.1 Å². The van der Waals surface area contributed by atoms with Crippen LogP contribution in [-0.2, 0) is 0 Å². The zero-order valence-electron chi connectivity index (χ0n) is 14.4. The molecule has 0 fully saturated rings. The number of alkyl halides is 2. The van der Waals surface area contributed by atoms with Gasteiger partial charge in [-0.2, -0.15) is 0 Å². The molecule has 3 N–H and O–H groups in total. The third-order valence-electron chi connectivity index (χ3n) is 4.07. The first-order valence-electron chi connectivity index (χ1n) is 8.16. The first-order chi connectivity index (χ1) is 13.7. The van der Waals surface area contributed by atoms with Crippen LogP contribution >= 0.6 is 23.2 Å². The summed E-state index contributed by atoms with van der Waals surface area (Å²) < 4.78 is 35.3. The number of ether oxygens (including phenoxy) is 2. The number of nitrogens with one attached hydrogen (secondary N) is 1. The zero-order chi connectivity index (χ0) is 20.8. The Morgan fingerprint density at radius 2 is 1.69 bits per heavy atom. The SMILES string of the molecule is Nc1nc(NC(=O)c2ccccc2Cl)ccc1-c1cc2c(cc1Cl)OC(F)(F)O2. The van der Waals surface area contributed by atoms with Crippen LogP contribution in [0.15, 0.2) is 48.5 Å². The average Bonchev–Trinajstić information content (AvgIpc) is 2.94. The summed E-state index contributed by atoms with van der Waals surface area (Å²) in [6, 6.07) is 12.1. The van der Waals surface area contributed by atoms with E-state index in [2.05, 4.69) is 19.8 Å². The van der Waals surface area contributed by atoms with Gasteiger partial charge in [-0.25, -0.2) is 4.98 Å². The van der Waals surface area contributed by atoms with Crippen LogP contribution in [0, 0.1) is 0 Å². The predicted octanol–water partition coefficient (Wildman–Crippen LogP) is 5.21. The molecule has 0 spiro atoms. The molecule has 0 aliphatic carbocycles. The van der Waals surface area contributed by atoms with Gasteiger partial charge in [0.05, 0.1) is 15.6 Å². The molecule has 1 amide bonds. The highest BCUT2D eigenvalue weighted by Gasteiger charge is 2.44. The number of benzene rings is 2. The van der Waals surface area contributed by atoms with Crippen molar-refractivity contribution in [1.29, 1.82) is 0 Å². The summed E-state index contributed by atoms with van der Waals surface area (Å²) in [5.74, 6) is -0.614. The summed E-state index contributed by atoms with van der Waals surface area (Å²) in [5, 5.41) is 3.00. The number of anilines is 2. The monoisotopic (exact) mass is 437 g/mol. The van der Waals surface area contributed by atoms with Crippen molar-refractivity contribution in [3.05, 3.63) is 64.1 Å². The van der Waals surface area contributed by atoms with Gasteiger partial charge in [-0.05, 0) is 30.3 Å². The number of aromatic nitrogens is 1. The standard InChI is InChI=1S/C19H11Cl2F2N3O3/c20-12-4-2-1-3-10(12)18(27)26-16-6-5-9(17(24)25-16)11-7-14-15(8-13(11)21)29-19(22,23)28-14/h1-8H,(H3,24,25,26,27). The maximum absolute atomic E-state index is 13.3. The third-order valence-corrected chi connectivity index (χ3v) is 4.71. The quantitative estimate of drug-likeness (QED) is 0.586. The number of rotatable bonds is 3. The second-order valence-electron chi connectivity index (χ2n) is 6.01. The molecule has 2 aromatic carbocycles. The van der Waals surface area contributed by atoms with E-state index in [4.69, 9.17) is 28.9 Å². The number of nitrogen functional groups attached to an aromatic ring is 1. The van der Waals surface area contributed by atoms with Crippen LogP contribution in [0.2, 0.25) is 10.0 Å². The molecule has 0 atom stereocenters. The van der Waals surface area contributed by atoms with Crippen LogP contribution < -0.4 is 20.5 Å². The molecule has 29 heavy (non-hydrogen) atoms. The number of carbonyl (C=O) groups excluding carboxylic acids is 1. The minimum atomic E-state index is -3.76. The second-order valence-corrected chi connectivity index (χ2v) is 6.82. The summed E-state index contributed by atoms with van der Waals surface area (Å²) in [6.45, 7) is 0. The van der Waals surface area contributed by atoms with Crippen molar-refractivity contribution in [1.82, 2.24) is 4.98 Å². The second kappa shape index (κ2) is 7.06. The fraction of sp³-hybridized carbons (Fsp3) is 0.0526. The number of pyridine rings is 1. The molecule has 148 valence electrons. The maximum atomic E-state index is 13.3. The van der Waals surface area contributed by atoms with Crippen LogP contribution in [0.5, 0.6) is 11.5 Å². The van der Waals surface area contributed by atoms with E-state index in [0.29, 0.717) is 16.1 Å². The summed E-state index contributed by atoms with van der Waals surface area (Å²) in [4.78, 5) is 16.5. The van der Waals surface area contributed by atoms with Gasteiger partial charge in [0, 0.05) is 17.2 Å². The van der Waals surface area contributed by atoms with Gasteiger partial charge in [-0.15, -0.1) is 8.78 Å². The molecule has 4 rings (SSSR count). The van der Waals surface area contributed by atoms with Gasteiger partial charge in [0.1, 0.15) is 11.6 Å². The van der Waals surface area contributed by atoms with Crippen molar-refractivity contribution in [2.75, 3.05) is 11.1 Å². The summed E-state index contributed by atoms with van der Waals surface area (Å²) in [7, 11) is 0. The highest BCUT2D eigenvalue weighted by atomic mass is 35.5. The number of fused-ring (bicyclic) bond motifs is 1. The summed E-state index contributed by atoms with van der Waals surface area (Å²) in [6.07, 6.45) is -3.76. The van der Waals surface area contributed by atoms with E-state index in [1.54, 1.807) is 30.3 Å². The number of nitrogens with zero attached hydrogens (tertiary/aromatic N) is 1. The smallest absolute Gasteiger partial charge is 0.395 e. The van der Waals surface area contributed by atoms with Gasteiger partial charge in [0.25, 0.3) is 5.91 Å². The number of hydrogen-bond acceptors (Lipinski definition) is 5. The molecule has 0 radical (unpaired) electrons. The molecule has 1 aliphatic rings. The van der Waals surface area contributed by atoms with E-state index >= 15 is 0 Å². The van der Waals surface area contributed by atoms with Gasteiger partial charge in [-0.3, -0.25) is 4.79 Å². The van der Waals surface area contributed by atoms with Crippen molar-refractivity contribution in [3.8, 4) is 22.6 Å². The van der Waals surface area contributed by atoms with E-state index in [1.807, 2.05) is 0 Å². The number of nitrogens with two attached hydrogens (primary N) is 1. The Balaban J connectivity index is 1.62. The van der Waals surface area contributed by atoms with Gasteiger partial charge in [0.15, 0.2) is 11.5 Å². The minimum absolute atomic E-state index is 0.0227. The Morgan fingerprint density at radius 3 is 2.38 bits per heavy atom. The molecular weight excluding hydrogens is 427 g/mol. The van der Waals surface area contributed by atoms with Crippen LogP contribution in [-0.4, -0.2) is 17.2 Å². The first-order valence-corrected chi connectivity index (χ1v) is 8.91. The summed E-state index contributed by atoms with van der Waals surface area (Å²) >= 11 is 12.2. The minimum Gasteiger partial charge on any atom is -0.395 e. The van der Waals surface area contributed by atoms with Gasteiger partial charge < -0.3 is 20.5 Å². The molecule has 6 nitrogen and oxygen atoms in total. The predicted molar refractivity (Wildman–Crippen MR) is 105 cm³/mol. The molecule has 0 saturated heterocycles. The van der Waals surface area contributed by atoms with Crippen LogP contribution in [0.3, 0.4) is 0 Å². The lowest BCUT2D eigenvalue weighted by atomic mass is 10.1. The molecule has 1 aliphatic heterocycles.